The summed E-state index contributed by atoms with van der Waals surface area (Å²) in [6.07, 6.45) is 4.52. The maximum absolute atomic E-state index is 12.7. The Morgan fingerprint density at radius 2 is 2.14 bits per heavy atom. The Morgan fingerprint density at radius 3 is 2.93 bits per heavy atom. The monoisotopic (exact) mass is 415 g/mol. The van der Waals surface area contributed by atoms with Gasteiger partial charge in [0.1, 0.15) is 11.6 Å². The number of nitrogens with one attached hydrogen (secondary N) is 3. The van der Waals surface area contributed by atoms with Crippen LogP contribution in [-0.4, -0.2) is 48.9 Å². The van der Waals surface area contributed by atoms with Gasteiger partial charge in [-0.25, -0.2) is 14.6 Å². The molecule has 0 radical (unpaired) electrons. The van der Waals surface area contributed by atoms with Gasteiger partial charge in [0.2, 0.25) is 5.91 Å². The van der Waals surface area contributed by atoms with Crippen LogP contribution in [-0.2, 0) is 11.3 Å². The zero-order chi connectivity index (χ0) is 20.2. The van der Waals surface area contributed by atoms with Crippen LogP contribution in [0, 0.1) is 0 Å². The lowest BCUT2D eigenvalue weighted by Crippen LogP contribution is -2.40. The summed E-state index contributed by atoms with van der Waals surface area (Å²) in [6.45, 7) is 1.44. The lowest BCUT2D eigenvalue weighted by molar-refractivity contribution is -0.118. The normalized spacial score (nSPS) is 17.3. The number of hydrogen-bond donors (Lipinski definition) is 3. The number of halogens is 1. The van der Waals surface area contributed by atoms with E-state index in [4.69, 9.17) is 11.6 Å². The molecule has 3 aromatic rings. The number of amides is 1. The number of benzene rings is 1. The molecule has 0 spiro atoms. The topological polar surface area (TPSA) is 112 Å². The first-order valence-electron chi connectivity index (χ1n) is 9.54. The van der Waals surface area contributed by atoms with E-state index in [1.807, 2.05) is 29.2 Å². The molecule has 1 aliphatic rings. The van der Waals surface area contributed by atoms with Crippen molar-refractivity contribution in [3.63, 3.8) is 0 Å². The highest BCUT2D eigenvalue weighted by molar-refractivity contribution is 6.31. The van der Waals surface area contributed by atoms with E-state index < -0.39 is 0 Å². The number of aromatic nitrogens is 5. The fourth-order valence-corrected chi connectivity index (χ4v) is 3.85. The number of H-pyrrole nitrogens is 2. The summed E-state index contributed by atoms with van der Waals surface area (Å²) in [6, 6.07) is 9.22. The number of rotatable bonds is 6. The molecule has 0 bridgehead atoms. The highest BCUT2D eigenvalue weighted by Gasteiger charge is 2.28. The van der Waals surface area contributed by atoms with Crippen molar-refractivity contribution >= 4 is 23.3 Å². The van der Waals surface area contributed by atoms with E-state index in [1.54, 1.807) is 16.9 Å². The fourth-order valence-electron chi connectivity index (χ4n) is 3.65. The van der Waals surface area contributed by atoms with Crippen molar-refractivity contribution in [3.05, 3.63) is 63.4 Å². The number of aromatic amines is 2. The molecule has 0 aliphatic carbocycles. The summed E-state index contributed by atoms with van der Waals surface area (Å²) in [5.41, 5.74) is 0.588. The van der Waals surface area contributed by atoms with Crippen LogP contribution in [0.3, 0.4) is 0 Å². The van der Waals surface area contributed by atoms with Gasteiger partial charge < -0.3 is 5.32 Å². The maximum atomic E-state index is 12.7. The van der Waals surface area contributed by atoms with Crippen LogP contribution in [0.25, 0.3) is 0 Å². The molecule has 3 heterocycles. The van der Waals surface area contributed by atoms with Gasteiger partial charge in [0.05, 0.1) is 25.3 Å². The molecule has 10 heteroatoms. The minimum absolute atomic E-state index is 0.0820. The average molecular weight is 416 g/mol. The first-order valence-corrected chi connectivity index (χ1v) is 9.91. The van der Waals surface area contributed by atoms with E-state index in [0.717, 1.165) is 31.4 Å². The Balaban J connectivity index is 1.43. The standard InChI is InChI=1S/C19H22ClN7O2/c20-14-6-2-1-5-13(14)11-27-16(8-9-21-27)22-17(28)12-26-10-4-3-7-15(26)18-23-19(29)25-24-18/h1-2,5-6,8-9,15H,3-4,7,10-12H2,(H,22,28)(H2,23,24,25,29)/t15-/m0/s1. The fraction of sp³-hybridized carbons (Fsp3) is 0.368. The third-order valence-electron chi connectivity index (χ3n) is 5.06. The molecule has 0 unspecified atom stereocenters. The van der Waals surface area contributed by atoms with E-state index in [2.05, 4.69) is 25.6 Å². The molecule has 4 rings (SSSR count). The molecular formula is C19H22ClN7O2. The lowest BCUT2D eigenvalue weighted by atomic mass is 10.0. The number of piperidine rings is 1. The maximum Gasteiger partial charge on any atom is 0.340 e. The van der Waals surface area contributed by atoms with Crippen LogP contribution in [0.15, 0.2) is 41.3 Å². The molecule has 1 saturated heterocycles. The quantitative estimate of drug-likeness (QED) is 0.571. The van der Waals surface area contributed by atoms with E-state index in [0.29, 0.717) is 23.2 Å². The van der Waals surface area contributed by atoms with Gasteiger partial charge in [0.25, 0.3) is 0 Å². The second-order valence-corrected chi connectivity index (χ2v) is 7.47. The minimum Gasteiger partial charge on any atom is -0.310 e. The molecule has 9 nitrogen and oxygen atoms in total. The molecule has 29 heavy (non-hydrogen) atoms. The first-order chi connectivity index (χ1) is 14.1. The van der Waals surface area contributed by atoms with Gasteiger partial charge in [-0.3, -0.25) is 14.7 Å². The van der Waals surface area contributed by atoms with Crippen molar-refractivity contribution in [1.29, 1.82) is 0 Å². The summed E-state index contributed by atoms with van der Waals surface area (Å²) >= 11 is 6.24. The predicted octanol–water partition coefficient (Wildman–Crippen LogP) is 2.16. The largest absolute Gasteiger partial charge is 0.340 e. The van der Waals surface area contributed by atoms with Crippen LogP contribution < -0.4 is 11.0 Å². The summed E-state index contributed by atoms with van der Waals surface area (Å²) in [4.78, 5) is 28.9. The predicted molar refractivity (Wildman–Crippen MR) is 109 cm³/mol. The van der Waals surface area contributed by atoms with E-state index in [9.17, 15) is 9.59 Å². The van der Waals surface area contributed by atoms with Crippen LogP contribution in [0.1, 0.15) is 36.7 Å². The first kappa shape index (κ1) is 19.4. The SMILES string of the molecule is O=C(CN1CCCC[C@H]1c1n[nH]c(=O)[nH]1)Nc1ccnn1Cc1ccccc1Cl. The van der Waals surface area contributed by atoms with Gasteiger partial charge in [-0.2, -0.15) is 10.2 Å². The van der Waals surface area contributed by atoms with E-state index in [-0.39, 0.29) is 24.2 Å². The highest BCUT2D eigenvalue weighted by Crippen LogP contribution is 2.27. The van der Waals surface area contributed by atoms with Crippen molar-refractivity contribution in [1.82, 2.24) is 29.9 Å². The summed E-state index contributed by atoms with van der Waals surface area (Å²) < 4.78 is 1.71. The zero-order valence-corrected chi connectivity index (χ0v) is 16.5. The van der Waals surface area contributed by atoms with Crippen molar-refractivity contribution in [2.24, 2.45) is 0 Å². The molecule has 1 fully saturated rings. The lowest BCUT2D eigenvalue weighted by Gasteiger charge is -2.33. The van der Waals surface area contributed by atoms with Gasteiger partial charge >= 0.3 is 5.69 Å². The summed E-state index contributed by atoms with van der Waals surface area (Å²) in [5.74, 6) is 1.04. The van der Waals surface area contributed by atoms with Crippen LogP contribution in [0.2, 0.25) is 5.02 Å². The average Bonchev–Trinajstić information content (AvgIpc) is 3.33. The van der Waals surface area contributed by atoms with Crippen LogP contribution in [0.5, 0.6) is 0 Å². The number of likely N-dealkylation sites (tertiary alicyclic amines) is 1. The molecule has 1 atom stereocenters. The molecular weight excluding hydrogens is 394 g/mol. The number of carbonyl (C=O) groups is 1. The van der Waals surface area contributed by atoms with Gasteiger partial charge in [-0.1, -0.05) is 36.2 Å². The van der Waals surface area contributed by atoms with Crippen molar-refractivity contribution in [2.75, 3.05) is 18.4 Å². The van der Waals surface area contributed by atoms with Crippen LogP contribution >= 0.6 is 11.6 Å². The van der Waals surface area contributed by atoms with Crippen molar-refractivity contribution in [2.45, 2.75) is 31.8 Å². The van der Waals surface area contributed by atoms with Crippen molar-refractivity contribution < 1.29 is 4.79 Å². The van der Waals surface area contributed by atoms with Gasteiger partial charge in [0, 0.05) is 11.1 Å². The summed E-state index contributed by atoms with van der Waals surface area (Å²) in [5, 5.41) is 14.3. The summed E-state index contributed by atoms with van der Waals surface area (Å²) in [7, 11) is 0. The molecule has 1 aliphatic heterocycles. The number of nitrogens with zero attached hydrogens (tertiary/aromatic N) is 4. The Kier molecular flexibility index (Phi) is 5.77. The molecule has 0 saturated carbocycles. The Hall–Kier alpha value is -2.91. The Bertz CT molecular complexity index is 1040. The molecule has 3 N–H and O–H groups in total. The van der Waals surface area contributed by atoms with Crippen LogP contribution in [0.4, 0.5) is 5.82 Å². The second kappa shape index (κ2) is 8.62. The number of anilines is 1. The molecule has 1 aromatic carbocycles. The number of hydrogen-bond acceptors (Lipinski definition) is 5. The second-order valence-electron chi connectivity index (χ2n) is 7.06. The Labute approximate surface area is 172 Å². The van der Waals surface area contributed by atoms with Gasteiger partial charge in [-0.15, -0.1) is 0 Å². The molecule has 152 valence electrons. The third-order valence-corrected chi connectivity index (χ3v) is 5.43. The smallest absolute Gasteiger partial charge is 0.310 e. The Morgan fingerprint density at radius 1 is 1.28 bits per heavy atom. The third kappa shape index (κ3) is 4.57. The zero-order valence-electron chi connectivity index (χ0n) is 15.8. The van der Waals surface area contributed by atoms with E-state index >= 15 is 0 Å². The minimum atomic E-state index is -0.335. The van der Waals surface area contributed by atoms with Crippen molar-refractivity contribution in [3.8, 4) is 0 Å². The van der Waals surface area contributed by atoms with E-state index in [1.165, 1.54) is 0 Å². The molecule has 1 amide bonds. The van der Waals surface area contributed by atoms with Gasteiger partial charge in [0.15, 0.2) is 0 Å². The van der Waals surface area contributed by atoms with Gasteiger partial charge in [-0.05, 0) is 31.0 Å². The number of carbonyl (C=O) groups excluding carboxylic acids is 1. The highest BCUT2D eigenvalue weighted by atomic mass is 35.5. The molecule has 2 aromatic heterocycles.